The zero-order chi connectivity index (χ0) is 20.8. The molecule has 0 aliphatic carbocycles. The van der Waals surface area contributed by atoms with Crippen molar-refractivity contribution in [2.24, 2.45) is 10.2 Å². The predicted molar refractivity (Wildman–Crippen MR) is 109 cm³/mol. The van der Waals surface area contributed by atoms with Crippen LogP contribution in [0.5, 0.6) is 5.75 Å². The fourth-order valence-corrected chi connectivity index (χ4v) is 3.56. The van der Waals surface area contributed by atoms with Crippen molar-refractivity contribution in [2.75, 3.05) is 6.61 Å². The highest BCUT2D eigenvalue weighted by atomic mass is 16.5. The third-order valence-corrected chi connectivity index (χ3v) is 5.06. The molecule has 1 aliphatic rings. The second-order valence-electron chi connectivity index (χ2n) is 7.24. The van der Waals surface area contributed by atoms with E-state index in [1.807, 2.05) is 18.7 Å². The van der Waals surface area contributed by atoms with Crippen LogP contribution in [0.15, 0.2) is 58.8 Å². The first-order chi connectivity index (χ1) is 14.0. The minimum atomic E-state index is -0.615. The Bertz CT molecular complexity index is 885. The Kier molecular flexibility index (Phi) is 6.59. The molecule has 2 aromatic carbocycles. The van der Waals surface area contributed by atoms with Crippen molar-refractivity contribution < 1.29 is 19.4 Å². The number of ether oxygens (including phenoxy) is 1. The Labute approximate surface area is 170 Å². The third-order valence-electron chi connectivity index (χ3n) is 5.06. The summed E-state index contributed by atoms with van der Waals surface area (Å²) in [5.41, 5.74) is 1.12. The largest absolute Gasteiger partial charge is 0.508 e. The second-order valence-corrected chi connectivity index (χ2v) is 7.24. The maximum Gasteiger partial charge on any atom is 0.340 e. The Hall–Kier alpha value is -3.22. The molecular weight excluding hydrogens is 370 g/mol. The molecule has 7 nitrogen and oxygen atoms in total. The van der Waals surface area contributed by atoms with Crippen molar-refractivity contribution in [3.63, 3.8) is 0 Å². The van der Waals surface area contributed by atoms with Crippen molar-refractivity contribution in [2.45, 2.75) is 45.2 Å². The van der Waals surface area contributed by atoms with Crippen LogP contribution in [0, 0.1) is 0 Å². The van der Waals surface area contributed by atoms with Gasteiger partial charge < -0.3 is 14.7 Å². The summed E-state index contributed by atoms with van der Waals surface area (Å²) < 4.78 is 5.28. The monoisotopic (exact) mass is 395 g/mol. The molecule has 7 heteroatoms. The fraction of sp³-hybridized carbons (Fsp3) is 0.364. The minimum Gasteiger partial charge on any atom is -0.508 e. The molecule has 1 aliphatic heterocycles. The zero-order valence-corrected chi connectivity index (χ0v) is 16.6. The molecule has 2 aromatic rings. The number of aromatic hydroxyl groups is 1. The maximum atomic E-state index is 12.6. The number of phenolic OH excluding ortho intramolecular Hbond substituents is 1. The molecule has 2 atom stereocenters. The first-order valence-corrected chi connectivity index (χ1v) is 9.74. The van der Waals surface area contributed by atoms with Crippen LogP contribution >= 0.6 is 0 Å². The summed E-state index contributed by atoms with van der Waals surface area (Å²) in [7, 11) is 0. The van der Waals surface area contributed by atoms with Gasteiger partial charge in [-0.05, 0) is 69.5 Å². The summed E-state index contributed by atoms with van der Waals surface area (Å²) in [6.07, 6.45) is 3.03. The van der Waals surface area contributed by atoms with Crippen LogP contribution in [-0.4, -0.2) is 40.6 Å². The van der Waals surface area contributed by atoms with E-state index < -0.39 is 5.97 Å². The molecule has 0 bridgehead atoms. The number of esters is 1. The van der Waals surface area contributed by atoms with Gasteiger partial charge in [0.25, 0.3) is 5.91 Å². The van der Waals surface area contributed by atoms with Gasteiger partial charge in [0.2, 0.25) is 0 Å². The molecular formula is C22H25N3O4. The van der Waals surface area contributed by atoms with Gasteiger partial charge in [-0.3, -0.25) is 4.79 Å². The number of likely N-dealkylation sites (tertiary alicyclic amines) is 1. The summed E-state index contributed by atoms with van der Waals surface area (Å²) in [6, 6.07) is 13.2. The van der Waals surface area contributed by atoms with E-state index in [0.717, 1.165) is 19.3 Å². The molecule has 3 rings (SSSR count). The van der Waals surface area contributed by atoms with Crippen molar-refractivity contribution in [3.05, 3.63) is 54.1 Å². The molecule has 1 saturated heterocycles. The number of hydrogen-bond acceptors (Lipinski definition) is 6. The van der Waals surface area contributed by atoms with E-state index >= 15 is 0 Å². The van der Waals surface area contributed by atoms with Crippen LogP contribution in [0.2, 0.25) is 0 Å². The van der Waals surface area contributed by atoms with E-state index in [9.17, 15) is 14.7 Å². The Balaban J connectivity index is 1.66. The number of carbonyl (C=O) groups is 2. The van der Waals surface area contributed by atoms with Crippen LogP contribution in [0.25, 0.3) is 0 Å². The standard InChI is InChI=1S/C22H25N3O4/c1-15-6-5-7-16(2)25(15)21(27)14-29-22(28)19-8-3-4-9-20(19)24-23-17-10-12-18(26)13-11-17/h3-4,8-13,15-16,26H,5-7,14H2,1-2H3/t15-,16+. The number of benzene rings is 2. The number of azo groups is 1. The molecule has 1 N–H and O–H groups in total. The van der Waals surface area contributed by atoms with Crippen LogP contribution in [0.1, 0.15) is 43.5 Å². The molecule has 1 amide bonds. The summed E-state index contributed by atoms with van der Waals surface area (Å²) in [5.74, 6) is -0.660. The Morgan fingerprint density at radius 1 is 1.03 bits per heavy atom. The maximum absolute atomic E-state index is 12.6. The third kappa shape index (κ3) is 5.19. The minimum absolute atomic E-state index is 0.134. The quantitative estimate of drug-likeness (QED) is 0.584. The van der Waals surface area contributed by atoms with Crippen molar-refractivity contribution in [1.29, 1.82) is 0 Å². The Morgan fingerprint density at radius 2 is 1.69 bits per heavy atom. The van der Waals surface area contributed by atoms with Gasteiger partial charge in [0.15, 0.2) is 6.61 Å². The van der Waals surface area contributed by atoms with E-state index in [0.29, 0.717) is 11.4 Å². The van der Waals surface area contributed by atoms with Gasteiger partial charge in [0, 0.05) is 12.1 Å². The van der Waals surface area contributed by atoms with Gasteiger partial charge in [0.05, 0.1) is 11.3 Å². The molecule has 152 valence electrons. The second kappa shape index (κ2) is 9.32. The number of amides is 1. The van der Waals surface area contributed by atoms with Crippen molar-refractivity contribution >= 4 is 23.3 Å². The summed E-state index contributed by atoms with van der Waals surface area (Å²) in [6.45, 7) is 3.75. The normalized spacial score (nSPS) is 19.3. The molecule has 1 fully saturated rings. The van der Waals surface area contributed by atoms with Gasteiger partial charge in [-0.2, -0.15) is 5.11 Å². The van der Waals surface area contributed by atoms with Crippen LogP contribution in [0.3, 0.4) is 0 Å². The number of carbonyl (C=O) groups excluding carboxylic acids is 2. The molecule has 0 saturated carbocycles. The van der Waals surface area contributed by atoms with Gasteiger partial charge in [-0.1, -0.05) is 12.1 Å². The predicted octanol–water partition coefficient (Wildman–Crippen LogP) is 4.75. The summed E-state index contributed by atoms with van der Waals surface area (Å²) in [4.78, 5) is 26.9. The molecule has 1 heterocycles. The fourth-order valence-electron chi connectivity index (χ4n) is 3.56. The first kappa shape index (κ1) is 20.5. The number of rotatable bonds is 5. The van der Waals surface area contributed by atoms with Crippen molar-refractivity contribution in [3.8, 4) is 5.75 Å². The van der Waals surface area contributed by atoms with Gasteiger partial charge in [0.1, 0.15) is 11.4 Å². The lowest BCUT2D eigenvalue weighted by Crippen LogP contribution is -2.49. The van der Waals surface area contributed by atoms with E-state index in [1.54, 1.807) is 36.4 Å². The van der Waals surface area contributed by atoms with Gasteiger partial charge >= 0.3 is 5.97 Å². The number of nitrogens with zero attached hydrogens (tertiary/aromatic N) is 3. The zero-order valence-electron chi connectivity index (χ0n) is 16.6. The van der Waals surface area contributed by atoms with Gasteiger partial charge in [-0.25, -0.2) is 4.79 Å². The Morgan fingerprint density at radius 3 is 2.38 bits per heavy atom. The first-order valence-electron chi connectivity index (χ1n) is 9.74. The van der Waals surface area contributed by atoms with E-state index in [1.165, 1.54) is 12.1 Å². The molecule has 0 unspecified atom stereocenters. The highest BCUT2D eigenvalue weighted by molar-refractivity contribution is 5.96. The highest BCUT2D eigenvalue weighted by Gasteiger charge is 2.29. The lowest BCUT2D eigenvalue weighted by Gasteiger charge is -2.38. The molecule has 0 aromatic heterocycles. The lowest BCUT2D eigenvalue weighted by atomic mass is 9.97. The highest BCUT2D eigenvalue weighted by Crippen LogP contribution is 2.25. The van der Waals surface area contributed by atoms with E-state index in [4.69, 9.17) is 4.74 Å². The van der Waals surface area contributed by atoms with E-state index in [2.05, 4.69) is 10.2 Å². The van der Waals surface area contributed by atoms with Gasteiger partial charge in [-0.15, -0.1) is 5.11 Å². The molecule has 0 radical (unpaired) electrons. The van der Waals surface area contributed by atoms with Crippen LogP contribution < -0.4 is 0 Å². The topological polar surface area (TPSA) is 91.6 Å². The molecule has 0 spiro atoms. The SMILES string of the molecule is C[C@@H]1CCC[C@H](C)N1C(=O)COC(=O)c1ccccc1N=Nc1ccc(O)cc1. The van der Waals surface area contributed by atoms with Crippen LogP contribution in [0.4, 0.5) is 11.4 Å². The summed E-state index contributed by atoms with van der Waals surface area (Å²) in [5, 5.41) is 17.5. The van der Waals surface area contributed by atoms with Crippen LogP contribution in [-0.2, 0) is 9.53 Å². The average Bonchev–Trinajstić information content (AvgIpc) is 2.71. The summed E-state index contributed by atoms with van der Waals surface area (Å²) >= 11 is 0. The van der Waals surface area contributed by atoms with Crippen molar-refractivity contribution in [1.82, 2.24) is 4.90 Å². The molecule has 29 heavy (non-hydrogen) atoms. The van der Waals surface area contributed by atoms with E-state index in [-0.39, 0.29) is 35.9 Å². The number of hydrogen-bond donors (Lipinski definition) is 1. The average molecular weight is 395 g/mol. The lowest BCUT2D eigenvalue weighted by molar-refractivity contribution is -0.140. The number of piperidine rings is 1. The number of phenols is 1. The smallest absolute Gasteiger partial charge is 0.340 e.